The van der Waals surface area contributed by atoms with Crippen LogP contribution in [-0.4, -0.2) is 36.1 Å². The van der Waals surface area contributed by atoms with Gasteiger partial charge in [0.2, 0.25) is 0 Å². The normalized spacial score (nSPS) is 27.1. The van der Waals surface area contributed by atoms with Gasteiger partial charge in [-0.2, -0.15) is 0 Å². The van der Waals surface area contributed by atoms with E-state index in [0.717, 1.165) is 25.7 Å². The lowest BCUT2D eigenvalue weighted by Crippen LogP contribution is -2.47. The molecule has 0 aromatic rings. The second-order valence-corrected chi connectivity index (χ2v) is 5.12. The van der Waals surface area contributed by atoms with E-state index >= 15 is 0 Å². The van der Waals surface area contributed by atoms with Crippen LogP contribution in [0.4, 0.5) is 0 Å². The molecule has 0 spiro atoms. The molecule has 0 amide bonds. The fourth-order valence-corrected chi connectivity index (χ4v) is 2.99. The first-order chi connectivity index (χ1) is 8.15. The lowest BCUT2D eigenvalue weighted by atomic mass is 10.1. The van der Waals surface area contributed by atoms with E-state index in [0.29, 0.717) is 12.1 Å². The molecular weight excluding hydrogens is 214 g/mol. The Morgan fingerprint density at radius 3 is 2.65 bits per heavy atom. The quantitative estimate of drug-likeness (QED) is 0.670. The monoisotopic (exact) mass is 241 g/mol. The molecule has 17 heavy (non-hydrogen) atoms. The van der Waals surface area contributed by atoms with Crippen molar-refractivity contribution in [2.45, 2.75) is 77.4 Å². The number of nitrogens with zero attached hydrogens (tertiary/aromatic N) is 1. The number of methoxy groups -OCH3 is 1. The Kier molecular flexibility index (Phi) is 5.96. The molecule has 1 fully saturated rings. The summed E-state index contributed by atoms with van der Waals surface area (Å²) >= 11 is 0. The number of likely N-dealkylation sites (tertiary alicyclic amines) is 1. The fraction of sp³-hybridized carbons (Fsp3) is 0.929. The van der Waals surface area contributed by atoms with Gasteiger partial charge in [0, 0.05) is 12.1 Å². The highest BCUT2D eigenvalue weighted by Gasteiger charge is 2.38. The van der Waals surface area contributed by atoms with Gasteiger partial charge < -0.3 is 4.74 Å². The van der Waals surface area contributed by atoms with E-state index in [4.69, 9.17) is 4.74 Å². The molecule has 3 heteroatoms. The lowest BCUT2D eigenvalue weighted by Gasteiger charge is -2.34. The van der Waals surface area contributed by atoms with Gasteiger partial charge in [-0.25, -0.2) is 0 Å². The first-order valence-corrected chi connectivity index (χ1v) is 7.00. The van der Waals surface area contributed by atoms with Gasteiger partial charge in [0.25, 0.3) is 0 Å². The minimum atomic E-state index is -0.0503. The van der Waals surface area contributed by atoms with Crippen LogP contribution in [0.25, 0.3) is 0 Å². The zero-order valence-corrected chi connectivity index (χ0v) is 11.7. The Labute approximate surface area is 106 Å². The molecule has 3 unspecified atom stereocenters. The lowest BCUT2D eigenvalue weighted by molar-refractivity contribution is -0.148. The van der Waals surface area contributed by atoms with Crippen LogP contribution in [0.1, 0.15) is 59.3 Å². The number of hydrogen-bond acceptors (Lipinski definition) is 3. The number of unbranched alkanes of at least 4 members (excludes halogenated alkanes) is 1. The van der Waals surface area contributed by atoms with Gasteiger partial charge in [-0.3, -0.25) is 9.69 Å². The Bertz CT molecular complexity index is 242. The highest BCUT2D eigenvalue weighted by molar-refractivity contribution is 5.75. The van der Waals surface area contributed by atoms with Gasteiger partial charge in [0.1, 0.15) is 6.04 Å². The van der Waals surface area contributed by atoms with Gasteiger partial charge >= 0.3 is 5.97 Å². The van der Waals surface area contributed by atoms with Crippen LogP contribution < -0.4 is 0 Å². The SMILES string of the molecule is CCCCC(C(=O)OC)N1C(C)CCC1CC. The smallest absolute Gasteiger partial charge is 0.323 e. The van der Waals surface area contributed by atoms with Gasteiger partial charge in [-0.1, -0.05) is 26.7 Å². The summed E-state index contributed by atoms with van der Waals surface area (Å²) in [6, 6.07) is 1.05. The second-order valence-electron chi connectivity index (χ2n) is 5.12. The van der Waals surface area contributed by atoms with Crippen molar-refractivity contribution in [3.8, 4) is 0 Å². The largest absolute Gasteiger partial charge is 0.468 e. The van der Waals surface area contributed by atoms with Crippen LogP contribution in [0.3, 0.4) is 0 Å². The summed E-state index contributed by atoms with van der Waals surface area (Å²) < 4.78 is 4.98. The predicted octanol–water partition coefficient (Wildman–Crippen LogP) is 2.98. The van der Waals surface area contributed by atoms with Crippen molar-refractivity contribution in [1.82, 2.24) is 4.90 Å². The van der Waals surface area contributed by atoms with E-state index < -0.39 is 0 Å². The van der Waals surface area contributed by atoms with Crippen LogP contribution in [0.5, 0.6) is 0 Å². The molecule has 0 N–H and O–H groups in total. The summed E-state index contributed by atoms with van der Waals surface area (Å²) in [4.78, 5) is 14.4. The third-order valence-electron chi connectivity index (χ3n) is 3.98. The molecule has 3 atom stereocenters. The van der Waals surface area contributed by atoms with Crippen molar-refractivity contribution in [1.29, 1.82) is 0 Å². The molecule has 0 radical (unpaired) electrons. The topological polar surface area (TPSA) is 29.5 Å². The van der Waals surface area contributed by atoms with E-state index in [2.05, 4.69) is 25.7 Å². The molecule has 100 valence electrons. The van der Waals surface area contributed by atoms with E-state index in [1.54, 1.807) is 0 Å². The van der Waals surface area contributed by atoms with Crippen LogP contribution in [0, 0.1) is 0 Å². The third-order valence-corrected chi connectivity index (χ3v) is 3.98. The molecule has 1 rings (SSSR count). The number of ether oxygens (including phenoxy) is 1. The molecule has 1 aliphatic rings. The maximum atomic E-state index is 11.9. The van der Waals surface area contributed by atoms with Gasteiger partial charge in [-0.05, 0) is 32.6 Å². The molecule has 1 saturated heterocycles. The van der Waals surface area contributed by atoms with E-state index in [1.807, 2.05) is 0 Å². The minimum Gasteiger partial charge on any atom is -0.468 e. The Morgan fingerprint density at radius 2 is 2.12 bits per heavy atom. The zero-order valence-electron chi connectivity index (χ0n) is 11.7. The van der Waals surface area contributed by atoms with Crippen molar-refractivity contribution < 1.29 is 9.53 Å². The zero-order chi connectivity index (χ0) is 12.8. The Balaban J connectivity index is 2.75. The molecule has 3 nitrogen and oxygen atoms in total. The maximum Gasteiger partial charge on any atom is 0.323 e. The van der Waals surface area contributed by atoms with E-state index in [9.17, 15) is 4.79 Å². The Morgan fingerprint density at radius 1 is 1.41 bits per heavy atom. The van der Waals surface area contributed by atoms with E-state index in [1.165, 1.54) is 20.0 Å². The highest BCUT2D eigenvalue weighted by Crippen LogP contribution is 2.30. The number of esters is 1. The summed E-state index contributed by atoms with van der Waals surface area (Å²) in [6.45, 7) is 6.61. The number of carbonyl (C=O) groups excluding carboxylic acids is 1. The van der Waals surface area contributed by atoms with Crippen molar-refractivity contribution in [3.05, 3.63) is 0 Å². The van der Waals surface area contributed by atoms with Crippen LogP contribution in [0.15, 0.2) is 0 Å². The second kappa shape index (κ2) is 7.00. The summed E-state index contributed by atoms with van der Waals surface area (Å²) in [5.74, 6) is -0.0503. The first kappa shape index (κ1) is 14.5. The molecular formula is C14H27NO2. The minimum absolute atomic E-state index is 0.0256. The highest BCUT2D eigenvalue weighted by atomic mass is 16.5. The molecule has 1 heterocycles. The van der Waals surface area contributed by atoms with Crippen molar-refractivity contribution in [2.24, 2.45) is 0 Å². The average molecular weight is 241 g/mol. The van der Waals surface area contributed by atoms with Crippen molar-refractivity contribution in [2.75, 3.05) is 7.11 Å². The standard InChI is InChI=1S/C14H27NO2/c1-5-7-8-13(14(16)17-4)15-11(3)9-10-12(15)6-2/h11-13H,5-10H2,1-4H3. The molecule has 0 saturated carbocycles. The predicted molar refractivity (Wildman–Crippen MR) is 69.9 cm³/mol. The molecule has 0 aromatic heterocycles. The molecule has 0 bridgehead atoms. The van der Waals surface area contributed by atoms with Crippen LogP contribution >= 0.6 is 0 Å². The molecule has 0 aromatic carbocycles. The molecule has 1 aliphatic heterocycles. The van der Waals surface area contributed by atoms with Gasteiger partial charge in [-0.15, -0.1) is 0 Å². The van der Waals surface area contributed by atoms with Crippen molar-refractivity contribution >= 4 is 5.97 Å². The number of carbonyl (C=O) groups is 1. The summed E-state index contributed by atoms with van der Waals surface area (Å²) in [5, 5.41) is 0. The summed E-state index contributed by atoms with van der Waals surface area (Å²) in [6.07, 6.45) is 6.72. The van der Waals surface area contributed by atoms with Gasteiger partial charge in [0.05, 0.1) is 7.11 Å². The first-order valence-electron chi connectivity index (χ1n) is 7.00. The van der Waals surface area contributed by atoms with Crippen LogP contribution in [-0.2, 0) is 9.53 Å². The number of rotatable bonds is 6. The van der Waals surface area contributed by atoms with Crippen molar-refractivity contribution in [3.63, 3.8) is 0 Å². The Hall–Kier alpha value is -0.570. The average Bonchev–Trinajstić information content (AvgIpc) is 2.71. The van der Waals surface area contributed by atoms with Gasteiger partial charge in [0.15, 0.2) is 0 Å². The summed E-state index contributed by atoms with van der Waals surface area (Å²) in [5.41, 5.74) is 0. The summed E-state index contributed by atoms with van der Waals surface area (Å²) in [7, 11) is 1.50. The molecule has 0 aliphatic carbocycles. The van der Waals surface area contributed by atoms with E-state index in [-0.39, 0.29) is 12.0 Å². The number of hydrogen-bond donors (Lipinski definition) is 0. The third kappa shape index (κ3) is 3.44. The maximum absolute atomic E-state index is 11.9. The van der Waals surface area contributed by atoms with Crippen LogP contribution in [0.2, 0.25) is 0 Å². The fourth-order valence-electron chi connectivity index (χ4n) is 2.99.